The van der Waals surface area contributed by atoms with Gasteiger partial charge < -0.3 is 9.52 Å². The molecule has 90 valence electrons. The fourth-order valence-electron chi connectivity index (χ4n) is 1.68. The van der Waals surface area contributed by atoms with Gasteiger partial charge in [0.1, 0.15) is 6.54 Å². The largest absolute Gasteiger partial charge is 0.474 e. The molecule has 0 aliphatic heterocycles. The molecule has 18 heavy (non-hydrogen) atoms. The van der Waals surface area contributed by atoms with Crippen LogP contribution in [0.2, 0.25) is 0 Å². The molecule has 0 bridgehead atoms. The van der Waals surface area contributed by atoms with Crippen LogP contribution < -0.4 is 0 Å². The van der Waals surface area contributed by atoms with Crippen LogP contribution in [0.15, 0.2) is 34.9 Å². The molecule has 0 unspecified atom stereocenters. The van der Waals surface area contributed by atoms with Crippen molar-refractivity contribution in [1.82, 2.24) is 20.0 Å². The number of aromatic carboxylic acids is 1. The second kappa shape index (κ2) is 3.95. The Balaban J connectivity index is 1.93. The monoisotopic (exact) mass is 244 g/mol. The van der Waals surface area contributed by atoms with Gasteiger partial charge in [-0.2, -0.15) is 5.10 Å². The van der Waals surface area contributed by atoms with E-state index < -0.39 is 11.9 Å². The van der Waals surface area contributed by atoms with Crippen LogP contribution in [0.25, 0.3) is 10.9 Å². The van der Waals surface area contributed by atoms with E-state index in [1.165, 1.54) is 0 Å². The lowest BCUT2D eigenvalue weighted by Gasteiger charge is -1.98. The van der Waals surface area contributed by atoms with E-state index in [1.807, 2.05) is 24.3 Å². The van der Waals surface area contributed by atoms with Gasteiger partial charge in [-0.25, -0.2) is 4.79 Å². The Labute approximate surface area is 101 Å². The van der Waals surface area contributed by atoms with Gasteiger partial charge in [0.2, 0.25) is 5.89 Å². The van der Waals surface area contributed by atoms with Gasteiger partial charge in [-0.1, -0.05) is 18.2 Å². The SMILES string of the molecule is O=C(O)c1nnc(Cn2ncc3ccccc32)o1. The highest BCUT2D eigenvalue weighted by Gasteiger charge is 2.14. The van der Waals surface area contributed by atoms with Gasteiger partial charge in [-0.3, -0.25) is 4.68 Å². The molecule has 0 aliphatic carbocycles. The number of fused-ring (bicyclic) bond motifs is 1. The highest BCUT2D eigenvalue weighted by molar-refractivity contribution is 5.81. The molecule has 2 aromatic heterocycles. The minimum Gasteiger partial charge on any atom is -0.474 e. The van der Waals surface area contributed by atoms with Crippen LogP contribution in [0.1, 0.15) is 16.6 Å². The number of hydrogen-bond acceptors (Lipinski definition) is 5. The molecule has 2 heterocycles. The number of carboxylic acids is 1. The third-order valence-corrected chi connectivity index (χ3v) is 2.49. The molecule has 3 rings (SSSR count). The number of carbonyl (C=O) groups is 1. The number of benzene rings is 1. The standard InChI is InChI=1S/C11H8N4O3/c16-11(17)10-14-13-9(18-10)6-15-8-4-2-1-3-7(8)5-12-15/h1-5H,6H2,(H,16,17). The van der Waals surface area contributed by atoms with Gasteiger partial charge in [0, 0.05) is 5.39 Å². The molecule has 0 radical (unpaired) electrons. The zero-order valence-electron chi connectivity index (χ0n) is 9.15. The summed E-state index contributed by atoms with van der Waals surface area (Å²) in [4.78, 5) is 10.6. The van der Waals surface area contributed by atoms with Gasteiger partial charge >= 0.3 is 11.9 Å². The summed E-state index contributed by atoms with van der Waals surface area (Å²) in [5, 5.41) is 20.9. The molecule has 7 nitrogen and oxygen atoms in total. The van der Waals surface area contributed by atoms with Crippen molar-refractivity contribution in [2.75, 3.05) is 0 Å². The highest BCUT2D eigenvalue weighted by Crippen LogP contribution is 2.14. The maximum Gasteiger partial charge on any atom is 0.393 e. The van der Waals surface area contributed by atoms with Crippen molar-refractivity contribution in [3.63, 3.8) is 0 Å². The lowest BCUT2D eigenvalue weighted by molar-refractivity contribution is 0.0651. The predicted molar refractivity (Wildman–Crippen MR) is 60.1 cm³/mol. The number of rotatable bonds is 3. The molecule has 1 N–H and O–H groups in total. The number of hydrogen-bond donors (Lipinski definition) is 1. The zero-order valence-corrected chi connectivity index (χ0v) is 9.15. The van der Waals surface area contributed by atoms with Crippen molar-refractivity contribution < 1.29 is 14.3 Å². The molecule has 0 atom stereocenters. The maximum absolute atomic E-state index is 10.6. The average molecular weight is 244 g/mol. The molecule has 0 amide bonds. The van der Waals surface area contributed by atoms with Crippen LogP contribution in [0.4, 0.5) is 0 Å². The third kappa shape index (κ3) is 1.71. The molecule has 0 aliphatic rings. The van der Waals surface area contributed by atoms with Gasteiger partial charge in [-0.05, 0) is 6.07 Å². The number of aromatic nitrogens is 4. The number of para-hydroxylation sites is 1. The Morgan fingerprint density at radius 1 is 1.33 bits per heavy atom. The van der Waals surface area contributed by atoms with Gasteiger partial charge in [0.25, 0.3) is 0 Å². The van der Waals surface area contributed by atoms with Crippen LogP contribution in [-0.2, 0) is 6.54 Å². The molecule has 7 heteroatoms. The van der Waals surface area contributed by atoms with Crippen molar-refractivity contribution in [3.05, 3.63) is 42.2 Å². The van der Waals surface area contributed by atoms with Crippen LogP contribution in [0.3, 0.4) is 0 Å². The normalized spacial score (nSPS) is 10.9. The molecule has 0 saturated carbocycles. The van der Waals surface area contributed by atoms with E-state index in [0.29, 0.717) is 0 Å². The molecule has 0 spiro atoms. The van der Waals surface area contributed by atoms with Crippen LogP contribution >= 0.6 is 0 Å². The van der Waals surface area contributed by atoms with E-state index in [2.05, 4.69) is 15.3 Å². The lowest BCUT2D eigenvalue weighted by atomic mass is 10.3. The summed E-state index contributed by atoms with van der Waals surface area (Å²) >= 11 is 0. The van der Waals surface area contributed by atoms with Crippen molar-refractivity contribution >= 4 is 16.9 Å². The van der Waals surface area contributed by atoms with E-state index in [4.69, 9.17) is 9.52 Å². The van der Waals surface area contributed by atoms with Crippen LogP contribution in [0, 0.1) is 0 Å². The Morgan fingerprint density at radius 2 is 2.17 bits per heavy atom. The maximum atomic E-state index is 10.6. The molecule has 0 fully saturated rings. The smallest absolute Gasteiger partial charge is 0.393 e. The van der Waals surface area contributed by atoms with Crippen molar-refractivity contribution in [2.24, 2.45) is 0 Å². The molecule has 1 aromatic carbocycles. The minimum atomic E-state index is -1.24. The summed E-state index contributed by atoms with van der Waals surface area (Å²) in [6.07, 6.45) is 1.73. The second-order valence-electron chi connectivity index (χ2n) is 3.67. The molecular weight excluding hydrogens is 236 g/mol. The van der Waals surface area contributed by atoms with E-state index in [0.717, 1.165) is 10.9 Å². The van der Waals surface area contributed by atoms with Gasteiger partial charge in [0.15, 0.2) is 0 Å². The molecule has 0 saturated heterocycles. The number of nitrogens with zero attached hydrogens (tertiary/aromatic N) is 4. The van der Waals surface area contributed by atoms with Gasteiger partial charge in [0.05, 0.1) is 11.7 Å². The van der Waals surface area contributed by atoms with E-state index in [1.54, 1.807) is 10.9 Å². The summed E-state index contributed by atoms with van der Waals surface area (Å²) in [7, 11) is 0. The summed E-state index contributed by atoms with van der Waals surface area (Å²) in [5.41, 5.74) is 0.924. The first-order valence-electron chi connectivity index (χ1n) is 5.20. The minimum absolute atomic E-state index is 0.209. The van der Waals surface area contributed by atoms with Crippen LogP contribution in [0.5, 0.6) is 0 Å². The topological polar surface area (TPSA) is 94.0 Å². The van der Waals surface area contributed by atoms with E-state index in [-0.39, 0.29) is 12.4 Å². The zero-order chi connectivity index (χ0) is 12.5. The Kier molecular flexibility index (Phi) is 2.30. The first kappa shape index (κ1) is 10.5. The van der Waals surface area contributed by atoms with E-state index >= 15 is 0 Å². The Bertz CT molecular complexity index is 716. The lowest BCUT2D eigenvalue weighted by Crippen LogP contribution is -2.01. The Hall–Kier alpha value is -2.70. The summed E-state index contributed by atoms with van der Waals surface area (Å²) in [6.45, 7) is 0.244. The summed E-state index contributed by atoms with van der Waals surface area (Å²) in [6, 6.07) is 7.67. The first-order chi connectivity index (χ1) is 8.74. The highest BCUT2D eigenvalue weighted by atomic mass is 16.4. The number of carboxylic acid groups (broad SMARTS) is 1. The van der Waals surface area contributed by atoms with Crippen molar-refractivity contribution in [3.8, 4) is 0 Å². The molecule has 3 aromatic rings. The van der Waals surface area contributed by atoms with Crippen molar-refractivity contribution in [1.29, 1.82) is 0 Å². The predicted octanol–water partition coefficient (Wildman–Crippen LogP) is 1.17. The Morgan fingerprint density at radius 3 is 2.94 bits per heavy atom. The second-order valence-corrected chi connectivity index (χ2v) is 3.67. The fraction of sp³-hybridized carbons (Fsp3) is 0.0909. The first-order valence-corrected chi connectivity index (χ1v) is 5.20. The molecular formula is C11H8N4O3. The van der Waals surface area contributed by atoms with Crippen molar-refractivity contribution in [2.45, 2.75) is 6.54 Å². The van der Waals surface area contributed by atoms with E-state index in [9.17, 15) is 4.79 Å². The summed E-state index contributed by atoms with van der Waals surface area (Å²) < 4.78 is 6.66. The van der Waals surface area contributed by atoms with Gasteiger partial charge in [-0.15, -0.1) is 10.2 Å². The van der Waals surface area contributed by atoms with Crippen LogP contribution in [-0.4, -0.2) is 31.1 Å². The summed E-state index contributed by atoms with van der Waals surface area (Å²) in [5.74, 6) is -1.44. The fourth-order valence-corrected chi connectivity index (χ4v) is 1.68. The third-order valence-electron chi connectivity index (χ3n) is 2.49. The average Bonchev–Trinajstić information content (AvgIpc) is 2.98. The quantitative estimate of drug-likeness (QED) is 0.743.